The van der Waals surface area contributed by atoms with Gasteiger partial charge in [0.25, 0.3) is 5.91 Å². The first-order chi connectivity index (χ1) is 10.6. The fraction of sp³-hybridized carbons (Fsp3) is 0.0625. The first-order valence-corrected chi connectivity index (χ1v) is 6.87. The third-order valence-corrected chi connectivity index (χ3v) is 3.48. The van der Waals surface area contributed by atoms with Crippen LogP contribution in [-0.4, -0.2) is 23.0 Å². The third kappa shape index (κ3) is 2.58. The van der Waals surface area contributed by atoms with Gasteiger partial charge in [-0.15, -0.1) is 0 Å². The zero-order valence-corrected chi connectivity index (χ0v) is 12.5. The molecule has 22 heavy (non-hydrogen) atoms. The number of amides is 1. The molecule has 0 unspecified atom stereocenters. The van der Waals surface area contributed by atoms with Crippen LogP contribution in [0.3, 0.4) is 0 Å². The van der Waals surface area contributed by atoms with Gasteiger partial charge in [-0.25, -0.2) is 4.98 Å². The predicted molar refractivity (Wildman–Crippen MR) is 85.1 cm³/mol. The minimum Gasteiger partial charge on any atom is -0.497 e. The van der Waals surface area contributed by atoms with E-state index in [0.29, 0.717) is 21.7 Å². The lowest BCUT2D eigenvalue weighted by molar-refractivity contribution is 0.100. The van der Waals surface area contributed by atoms with Gasteiger partial charge in [0, 0.05) is 10.6 Å². The molecule has 5 nitrogen and oxygen atoms in total. The Labute approximate surface area is 131 Å². The number of primary amides is 1. The Morgan fingerprint density at radius 2 is 1.95 bits per heavy atom. The van der Waals surface area contributed by atoms with Crippen molar-refractivity contribution in [1.82, 2.24) is 9.97 Å². The van der Waals surface area contributed by atoms with E-state index in [1.807, 2.05) is 24.3 Å². The average Bonchev–Trinajstić information content (AvgIpc) is 2.53. The monoisotopic (exact) mass is 313 g/mol. The van der Waals surface area contributed by atoms with E-state index < -0.39 is 5.91 Å². The molecule has 0 radical (unpaired) electrons. The van der Waals surface area contributed by atoms with Gasteiger partial charge in [0.05, 0.1) is 30.1 Å². The quantitative estimate of drug-likeness (QED) is 0.806. The summed E-state index contributed by atoms with van der Waals surface area (Å²) in [5.74, 6) is 0.163. The molecular weight excluding hydrogens is 302 g/mol. The Kier molecular flexibility index (Phi) is 3.65. The van der Waals surface area contributed by atoms with Gasteiger partial charge in [0.2, 0.25) is 0 Å². The first-order valence-electron chi connectivity index (χ1n) is 6.49. The maximum atomic E-state index is 11.6. The number of benzene rings is 2. The van der Waals surface area contributed by atoms with E-state index >= 15 is 0 Å². The topological polar surface area (TPSA) is 78.1 Å². The minimum absolute atomic E-state index is 0.255. The summed E-state index contributed by atoms with van der Waals surface area (Å²) >= 11 is 5.97. The third-order valence-electron chi connectivity index (χ3n) is 3.26. The Morgan fingerprint density at radius 3 is 2.59 bits per heavy atom. The minimum atomic E-state index is -0.589. The van der Waals surface area contributed by atoms with Crippen LogP contribution in [0.1, 0.15) is 10.4 Å². The van der Waals surface area contributed by atoms with E-state index in [0.717, 1.165) is 11.3 Å². The van der Waals surface area contributed by atoms with E-state index in [2.05, 4.69) is 9.97 Å². The molecule has 1 heterocycles. The Balaban J connectivity index is 2.17. The number of halogens is 1. The maximum absolute atomic E-state index is 11.6. The number of nitrogens with zero attached hydrogens (tertiary/aromatic N) is 2. The fourth-order valence-corrected chi connectivity index (χ4v) is 2.38. The predicted octanol–water partition coefficient (Wildman–Crippen LogP) is 3.06. The molecule has 0 spiro atoms. The lowest BCUT2D eigenvalue weighted by Gasteiger charge is -2.07. The summed E-state index contributed by atoms with van der Waals surface area (Å²) in [4.78, 5) is 20.4. The number of carbonyl (C=O) groups excluding carboxylic acids is 1. The van der Waals surface area contributed by atoms with Gasteiger partial charge < -0.3 is 10.5 Å². The summed E-state index contributed by atoms with van der Waals surface area (Å²) in [6, 6.07) is 10.5. The zero-order chi connectivity index (χ0) is 15.7. The normalized spacial score (nSPS) is 10.6. The van der Waals surface area contributed by atoms with Gasteiger partial charge >= 0.3 is 0 Å². The van der Waals surface area contributed by atoms with Crippen LogP contribution in [0, 0.1) is 0 Å². The van der Waals surface area contributed by atoms with Crippen molar-refractivity contribution in [2.24, 2.45) is 5.73 Å². The van der Waals surface area contributed by atoms with Crippen LogP contribution in [0.15, 0.2) is 42.6 Å². The highest BCUT2D eigenvalue weighted by Gasteiger charge is 2.12. The van der Waals surface area contributed by atoms with Gasteiger partial charge in [-0.05, 0) is 36.4 Å². The van der Waals surface area contributed by atoms with Gasteiger partial charge in [0.15, 0.2) is 0 Å². The second-order valence-corrected chi connectivity index (χ2v) is 5.11. The van der Waals surface area contributed by atoms with Gasteiger partial charge in [0.1, 0.15) is 11.3 Å². The van der Waals surface area contributed by atoms with Crippen LogP contribution in [-0.2, 0) is 0 Å². The number of carbonyl (C=O) groups is 1. The maximum Gasteiger partial charge on any atom is 0.251 e. The van der Waals surface area contributed by atoms with Crippen LogP contribution in [0.5, 0.6) is 5.75 Å². The Hall–Kier alpha value is -2.66. The van der Waals surface area contributed by atoms with Crippen LogP contribution >= 0.6 is 11.6 Å². The number of nitrogens with two attached hydrogens (primary N) is 1. The molecule has 1 aromatic heterocycles. The molecule has 3 aromatic rings. The molecule has 3 rings (SSSR count). The summed E-state index contributed by atoms with van der Waals surface area (Å²) < 4.78 is 5.13. The molecule has 0 saturated heterocycles. The van der Waals surface area contributed by atoms with Crippen LogP contribution < -0.4 is 10.5 Å². The summed E-state index contributed by atoms with van der Waals surface area (Å²) in [7, 11) is 1.60. The molecule has 6 heteroatoms. The number of hydrogen-bond donors (Lipinski definition) is 1. The molecule has 0 saturated carbocycles. The molecule has 1 amide bonds. The van der Waals surface area contributed by atoms with Crippen molar-refractivity contribution in [3.05, 3.63) is 53.2 Å². The van der Waals surface area contributed by atoms with Crippen molar-refractivity contribution in [2.45, 2.75) is 0 Å². The second-order valence-electron chi connectivity index (χ2n) is 4.67. The molecule has 110 valence electrons. The molecule has 2 aromatic carbocycles. The van der Waals surface area contributed by atoms with Crippen LogP contribution in [0.4, 0.5) is 0 Å². The number of methoxy groups -OCH3 is 1. The van der Waals surface area contributed by atoms with Crippen molar-refractivity contribution in [3.8, 4) is 17.0 Å². The summed E-state index contributed by atoms with van der Waals surface area (Å²) in [6.45, 7) is 0. The highest BCUT2D eigenvalue weighted by molar-refractivity contribution is 6.32. The van der Waals surface area contributed by atoms with Crippen molar-refractivity contribution in [2.75, 3.05) is 7.11 Å². The summed E-state index contributed by atoms with van der Waals surface area (Å²) in [5.41, 5.74) is 8.11. The van der Waals surface area contributed by atoms with Gasteiger partial charge in [-0.2, -0.15) is 0 Å². The molecule has 0 atom stereocenters. The Morgan fingerprint density at radius 1 is 1.23 bits per heavy atom. The smallest absolute Gasteiger partial charge is 0.251 e. The average molecular weight is 314 g/mol. The van der Waals surface area contributed by atoms with E-state index in [1.54, 1.807) is 19.4 Å². The number of rotatable bonds is 3. The summed E-state index contributed by atoms with van der Waals surface area (Å²) in [6.07, 6.45) is 1.63. The van der Waals surface area contributed by atoms with E-state index in [4.69, 9.17) is 22.1 Å². The second kappa shape index (κ2) is 5.61. The number of aromatic nitrogens is 2. The van der Waals surface area contributed by atoms with E-state index in [1.165, 1.54) is 6.07 Å². The molecule has 0 aliphatic carbocycles. The number of hydrogen-bond acceptors (Lipinski definition) is 4. The highest BCUT2D eigenvalue weighted by atomic mass is 35.5. The molecular formula is C16H12ClN3O2. The van der Waals surface area contributed by atoms with Crippen LogP contribution in [0.2, 0.25) is 5.02 Å². The van der Waals surface area contributed by atoms with Gasteiger partial charge in [-0.3, -0.25) is 9.78 Å². The number of ether oxygens (including phenoxy) is 1. The van der Waals surface area contributed by atoms with E-state index in [-0.39, 0.29) is 5.56 Å². The van der Waals surface area contributed by atoms with Crippen molar-refractivity contribution in [1.29, 1.82) is 0 Å². The Bertz CT molecular complexity index is 863. The largest absolute Gasteiger partial charge is 0.497 e. The standard InChI is InChI=1S/C16H12ClN3O2/c1-22-11-4-2-9(3-5-11)14-8-19-13-7-10(17)6-12(16(18)21)15(13)20-14/h2-8H,1H3,(H2,18,21). The fourth-order valence-electron chi connectivity index (χ4n) is 2.17. The SMILES string of the molecule is COc1ccc(-c2cnc3cc(Cl)cc(C(N)=O)c3n2)cc1. The summed E-state index contributed by atoms with van der Waals surface area (Å²) in [5, 5.41) is 0.396. The molecule has 0 bridgehead atoms. The van der Waals surface area contributed by atoms with Gasteiger partial charge in [-0.1, -0.05) is 11.6 Å². The molecule has 2 N–H and O–H groups in total. The van der Waals surface area contributed by atoms with Crippen molar-refractivity contribution >= 4 is 28.5 Å². The molecule has 0 aliphatic rings. The first kappa shape index (κ1) is 14.3. The highest BCUT2D eigenvalue weighted by Crippen LogP contribution is 2.25. The van der Waals surface area contributed by atoms with Crippen LogP contribution in [0.25, 0.3) is 22.3 Å². The zero-order valence-electron chi connectivity index (χ0n) is 11.7. The lowest BCUT2D eigenvalue weighted by Crippen LogP contribution is -2.12. The van der Waals surface area contributed by atoms with Crippen molar-refractivity contribution < 1.29 is 9.53 Å². The van der Waals surface area contributed by atoms with E-state index in [9.17, 15) is 4.79 Å². The molecule has 0 fully saturated rings. The lowest BCUT2D eigenvalue weighted by atomic mass is 10.1. The van der Waals surface area contributed by atoms with Crippen molar-refractivity contribution in [3.63, 3.8) is 0 Å². The molecule has 0 aliphatic heterocycles. The number of fused-ring (bicyclic) bond motifs is 1.